The first kappa shape index (κ1) is 31.0. The molecule has 5 N–H and O–H groups in total. The molecule has 0 spiro atoms. The van der Waals surface area contributed by atoms with Gasteiger partial charge in [0.25, 0.3) is 0 Å². The summed E-state index contributed by atoms with van der Waals surface area (Å²) in [5.41, 5.74) is 4.73. The Morgan fingerprint density at radius 1 is 0.725 bits per heavy atom. The van der Waals surface area contributed by atoms with Gasteiger partial charge in [-0.1, -0.05) is 52.4 Å². The Hall–Kier alpha value is -3.58. The van der Waals surface area contributed by atoms with Gasteiger partial charge in [0, 0.05) is 42.3 Å². The minimum absolute atomic E-state index is 0.0508. The minimum Gasteiger partial charge on any atom is -0.505 e. The Balaban J connectivity index is 1.67. The molecule has 3 rings (SSSR count). The zero-order valence-corrected chi connectivity index (χ0v) is 24.1. The Bertz CT molecular complexity index is 1150. The number of benzene rings is 2. The number of ketones is 1. The number of aliphatic imine (C=N–C) groups is 1. The van der Waals surface area contributed by atoms with Crippen molar-refractivity contribution in [3.05, 3.63) is 71.6 Å². The zero-order valence-electron chi connectivity index (χ0n) is 24.1. The quantitative estimate of drug-likeness (QED) is 0.0961. The maximum absolute atomic E-state index is 13.2. The highest BCUT2D eigenvalue weighted by Crippen LogP contribution is 2.27. The Kier molecular flexibility index (Phi) is 13.3. The summed E-state index contributed by atoms with van der Waals surface area (Å²) in [4.78, 5) is 17.9. The van der Waals surface area contributed by atoms with Gasteiger partial charge in [0.05, 0.1) is 11.4 Å². The van der Waals surface area contributed by atoms with Crippen molar-refractivity contribution >= 4 is 34.2 Å². The topological polar surface area (TPSA) is 106 Å². The molecule has 0 aliphatic heterocycles. The number of rotatable bonds is 18. The van der Waals surface area contributed by atoms with Crippen molar-refractivity contribution in [1.82, 2.24) is 0 Å². The number of nitrogens with zero attached hydrogens (tertiary/aromatic N) is 1. The monoisotopic (exact) mass is 546 g/mol. The molecule has 0 heterocycles. The van der Waals surface area contributed by atoms with Crippen LogP contribution in [0.15, 0.2) is 76.6 Å². The fourth-order valence-electron chi connectivity index (χ4n) is 4.58. The zero-order chi connectivity index (χ0) is 28.6. The summed E-state index contributed by atoms with van der Waals surface area (Å²) in [5.74, 6) is -0.250. The van der Waals surface area contributed by atoms with Crippen LogP contribution in [0.2, 0.25) is 0 Å². The molecule has 216 valence electrons. The van der Waals surface area contributed by atoms with E-state index < -0.39 is 0 Å². The predicted molar refractivity (Wildman–Crippen MR) is 168 cm³/mol. The highest BCUT2D eigenvalue weighted by molar-refractivity contribution is 6.24. The molecule has 7 heteroatoms. The lowest BCUT2D eigenvalue weighted by molar-refractivity contribution is -0.112. The predicted octanol–water partition coefficient (Wildman–Crippen LogP) is 7.91. The number of aliphatic hydroxyl groups is 2. The van der Waals surface area contributed by atoms with Crippen LogP contribution in [0.5, 0.6) is 0 Å². The van der Waals surface area contributed by atoms with Crippen molar-refractivity contribution in [1.29, 1.82) is 0 Å². The van der Waals surface area contributed by atoms with Crippen molar-refractivity contribution < 1.29 is 15.0 Å². The van der Waals surface area contributed by atoms with Gasteiger partial charge in [-0.15, -0.1) is 0 Å². The fraction of sp³-hybridized carbons (Fsp3) is 0.455. The van der Waals surface area contributed by atoms with Crippen molar-refractivity contribution in [2.45, 2.75) is 78.1 Å². The minimum atomic E-state index is -0.199. The number of aliphatic hydroxyl groups excluding tert-OH is 2. The number of unbranched alkanes of at least 4 members (excludes halogenated alkanes) is 6. The summed E-state index contributed by atoms with van der Waals surface area (Å²) in [6.45, 7) is 6.28. The lowest BCUT2D eigenvalue weighted by Gasteiger charge is -2.19. The average molecular weight is 547 g/mol. The Labute approximate surface area is 239 Å². The molecule has 0 amide bonds. The van der Waals surface area contributed by atoms with Crippen molar-refractivity contribution in [2.24, 2.45) is 4.99 Å². The van der Waals surface area contributed by atoms with E-state index in [4.69, 9.17) is 5.11 Å². The maximum Gasteiger partial charge on any atom is 0.209 e. The smallest absolute Gasteiger partial charge is 0.209 e. The molecule has 0 bridgehead atoms. The second-order valence-corrected chi connectivity index (χ2v) is 10.3. The number of anilines is 3. The number of Topliss-reactive ketones (excluding diaryl/α,β-unsaturated/α-hetero) is 1. The van der Waals surface area contributed by atoms with Crippen molar-refractivity contribution in [3.8, 4) is 0 Å². The summed E-state index contributed by atoms with van der Waals surface area (Å²) in [7, 11) is 0. The van der Waals surface area contributed by atoms with E-state index in [1.54, 1.807) is 6.08 Å². The van der Waals surface area contributed by atoms with Crippen LogP contribution < -0.4 is 16.0 Å². The first-order valence-electron chi connectivity index (χ1n) is 14.9. The van der Waals surface area contributed by atoms with Crippen LogP contribution in [0.1, 0.15) is 78.1 Å². The molecule has 0 atom stereocenters. The number of carbonyl (C=O) groups excluding carboxylic acids is 1. The van der Waals surface area contributed by atoms with Gasteiger partial charge in [-0.05, 0) is 80.3 Å². The molecule has 2 aromatic rings. The summed E-state index contributed by atoms with van der Waals surface area (Å²) in [6, 6.07) is 15.7. The average Bonchev–Trinajstić information content (AvgIpc) is 2.97. The van der Waals surface area contributed by atoms with Crippen LogP contribution >= 0.6 is 0 Å². The van der Waals surface area contributed by atoms with E-state index in [0.29, 0.717) is 29.1 Å². The second kappa shape index (κ2) is 17.2. The molecule has 0 unspecified atom stereocenters. The second-order valence-electron chi connectivity index (χ2n) is 10.3. The molecule has 1 aliphatic rings. The van der Waals surface area contributed by atoms with Crippen LogP contribution in [0.4, 0.5) is 22.7 Å². The van der Waals surface area contributed by atoms with E-state index in [0.717, 1.165) is 68.7 Å². The highest BCUT2D eigenvalue weighted by Gasteiger charge is 2.27. The normalized spacial score (nSPS) is 14.4. The molecule has 0 saturated carbocycles. The SMILES string of the molecule is CCCCCCNc1ccc(NC2=C/C(=N/c3ccc(NCCCCCCO)cc3)C(O)=C(CCC)C2=O)cc1. The van der Waals surface area contributed by atoms with Crippen LogP contribution in [0, 0.1) is 0 Å². The van der Waals surface area contributed by atoms with Gasteiger partial charge >= 0.3 is 0 Å². The van der Waals surface area contributed by atoms with Gasteiger partial charge in [-0.25, -0.2) is 4.99 Å². The van der Waals surface area contributed by atoms with E-state index in [1.807, 2.05) is 55.5 Å². The third-order valence-corrected chi connectivity index (χ3v) is 6.88. The van der Waals surface area contributed by atoms with Crippen molar-refractivity contribution in [2.75, 3.05) is 35.6 Å². The molecular weight excluding hydrogens is 500 g/mol. The lowest BCUT2D eigenvalue weighted by Crippen LogP contribution is -2.23. The van der Waals surface area contributed by atoms with Crippen LogP contribution in [0.3, 0.4) is 0 Å². The molecule has 0 saturated heterocycles. The van der Waals surface area contributed by atoms with Crippen LogP contribution in [-0.4, -0.2) is 41.4 Å². The van der Waals surface area contributed by atoms with E-state index in [2.05, 4.69) is 27.9 Å². The summed E-state index contributed by atoms with van der Waals surface area (Å²) in [6.07, 6.45) is 11.8. The van der Waals surface area contributed by atoms with Gasteiger partial charge in [-0.3, -0.25) is 4.79 Å². The first-order chi connectivity index (χ1) is 19.5. The molecule has 40 heavy (non-hydrogen) atoms. The standard InChI is InChI=1S/C33H46N4O3/c1-3-5-6-9-21-34-25-13-17-27(18-14-25)36-30-24-31(33(40)29(12-4-2)32(30)39)37-28-19-15-26(16-20-28)35-22-10-7-8-11-23-38/h13-20,24,34-36,38,40H,3-12,21-23H2,1-2H3/b37-31-. The molecule has 2 aromatic carbocycles. The summed E-state index contributed by atoms with van der Waals surface area (Å²) < 4.78 is 0. The van der Waals surface area contributed by atoms with Gasteiger partial charge in [-0.2, -0.15) is 0 Å². The first-order valence-corrected chi connectivity index (χ1v) is 14.9. The lowest BCUT2D eigenvalue weighted by atomic mass is 9.94. The number of hydrogen-bond acceptors (Lipinski definition) is 7. The Morgan fingerprint density at radius 3 is 1.90 bits per heavy atom. The number of allylic oxidation sites excluding steroid dienone is 2. The van der Waals surface area contributed by atoms with Crippen LogP contribution in [0.25, 0.3) is 0 Å². The summed E-state index contributed by atoms with van der Waals surface area (Å²) >= 11 is 0. The molecule has 1 aliphatic carbocycles. The largest absolute Gasteiger partial charge is 0.505 e. The van der Waals surface area contributed by atoms with Gasteiger partial charge in [0.15, 0.2) is 0 Å². The third-order valence-electron chi connectivity index (χ3n) is 6.88. The number of hydrogen-bond donors (Lipinski definition) is 5. The third kappa shape index (κ3) is 9.87. The van der Waals surface area contributed by atoms with E-state index in [1.165, 1.54) is 19.3 Å². The molecule has 0 fully saturated rings. The van der Waals surface area contributed by atoms with E-state index in [-0.39, 0.29) is 18.1 Å². The molecule has 0 aromatic heterocycles. The Morgan fingerprint density at radius 2 is 1.30 bits per heavy atom. The summed E-state index contributed by atoms with van der Waals surface area (Å²) in [5, 5.41) is 29.9. The maximum atomic E-state index is 13.2. The van der Waals surface area contributed by atoms with Gasteiger partial charge in [0.2, 0.25) is 5.78 Å². The molecular formula is C33H46N4O3. The number of nitrogens with one attached hydrogen (secondary N) is 3. The van der Waals surface area contributed by atoms with E-state index >= 15 is 0 Å². The molecule has 7 nitrogen and oxygen atoms in total. The highest BCUT2D eigenvalue weighted by atomic mass is 16.3. The van der Waals surface area contributed by atoms with Gasteiger partial charge in [0.1, 0.15) is 11.5 Å². The van der Waals surface area contributed by atoms with Gasteiger partial charge < -0.3 is 26.2 Å². The molecule has 0 radical (unpaired) electrons. The van der Waals surface area contributed by atoms with Crippen molar-refractivity contribution in [3.63, 3.8) is 0 Å². The van der Waals surface area contributed by atoms with E-state index in [9.17, 15) is 9.90 Å². The van der Waals surface area contributed by atoms with Crippen LogP contribution in [-0.2, 0) is 4.79 Å². The fourth-order valence-corrected chi connectivity index (χ4v) is 4.58. The number of carbonyl (C=O) groups is 1.